The molecule has 2 aromatic rings. The van der Waals surface area contributed by atoms with Crippen LogP contribution in [0.3, 0.4) is 0 Å². The molecule has 6 nitrogen and oxygen atoms in total. The maximum atomic E-state index is 11.7. The van der Waals surface area contributed by atoms with Crippen molar-refractivity contribution in [3.05, 3.63) is 42.2 Å². The predicted molar refractivity (Wildman–Crippen MR) is 81.2 cm³/mol. The minimum absolute atomic E-state index is 0.140. The summed E-state index contributed by atoms with van der Waals surface area (Å²) in [4.78, 5) is 11.7. The van der Waals surface area contributed by atoms with Gasteiger partial charge in [0, 0.05) is 24.8 Å². The molecule has 22 heavy (non-hydrogen) atoms. The van der Waals surface area contributed by atoms with Gasteiger partial charge in [-0.05, 0) is 12.8 Å². The summed E-state index contributed by atoms with van der Waals surface area (Å²) in [7, 11) is 0. The van der Waals surface area contributed by atoms with Crippen LogP contribution in [0.2, 0.25) is 0 Å². The van der Waals surface area contributed by atoms with Gasteiger partial charge in [-0.2, -0.15) is 0 Å². The Hall–Kier alpha value is -2.34. The summed E-state index contributed by atoms with van der Waals surface area (Å²) < 4.78 is 10.7. The molecule has 0 bridgehead atoms. The molecule has 0 aliphatic carbocycles. The van der Waals surface area contributed by atoms with Crippen LogP contribution in [0.15, 0.2) is 40.9 Å². The van der Waals surface area contributed by atoms with Crippen molar-refractivity contribution >= 4 is 6.03 Å². The topological polar surface area (TPSA) is 76.4 Å². The highest BCUT2D eigenvalue weighted by Crippen LogP contribution is 2.18. The van der Waals surface area contributed by atoms with Gasteiger partial charge in [-0.3, -0.25) is 0 Å². The second kappa shape index (κ2) is 7.09. The number of aromatic nitrogens is 1. The minimum Gasteiger partial charge on any atom is -0.376 e. The van der Waals surface area contributed by atoms with Gasteiger partial charge < -0.3 is 19.9 Å². The molecule has 2 N–H and O–H groups in total. The van der Waals surface area contributed by atoms with Crippen molar-refractivity contribution < 1.29 is 14.1 Å². The zero-order valence-electron chi connectivity index (χ0n) is 12.2. The van der Waals surface area contributed by atoms with Gasteiger partial charge >= 0.3 is 6.03 Å². The number of benzene rings is 1. The van der Waals surface area contributed by atoms with E-state index >= 15 is 0 Å². The van der Waals surface area contributed by atoms with Gasteiger partial charge in [-0.15, -0.1) is 0 Å². The van der Waals surface area contributed by atoms with Crippen molar-refractivity contribution in [1.29, 1.82) is 0 Å². The van der Waals surface area contributed by atoms with Crippen LogP contribution in [0.25, 0.3) is 11.3 Å². The summed E-state index contributed by atoms with van der Waals surface area (Å²) in [5.41, 5.74) is 1.75. The molecule has 1 fully saturated rings. The fourth-order valence-electron chi connectivity index (χ4n) is 2.38. The van der Waals surface area contributed by atoms with Crippen molar-refractivity contribution in [3.63, 3.8) is 0 Å². The third kappa shape index (κ3) is 3.85. The van der Waals surface area contributed by atoms with Gasteiger partial charge in [0.05, 0.1) is 12.6 Å². The molecule has 1 aromatic carbocycles. The van der Waals surface area contributed by atoms with Crippen molar-refractivity contribution in [2.75, 3.05) is 13.2 Å². The zero-order chi connectivity index (χ0) is 15.2. The Kier molecular flexibility index (Phi) is 4.70. The summed E-state index contributed by atoms with van der Waals surface area (Å²) >= 11 is 0. The molecule has 116 valence electrons. The van der Waals surface area contributed by atoms with E-state index in [1.807, 2.05) is 36.4 Å². The monoisotopic (exact) mass is 301 g/mol. The number of hydrogen-bond donors (Lipinski definition) is 2. The van der Waals surface area contributed by atoms with E-state index in [9.17, 15) is 4.79 Å². The molecule has 0 spiro atoms. The largest absolute Gasteiger partial charge is 0.376 e. The molecular formula is C16H19N3O3. The molecule has 0 radical (unpaired) electrons. The lowest BCUT2D eigenvalue weighted by molar-refractivity contribution is 0.111. The van der Waals surface area contributed by atoms with Crippen LogP contribution < -0.4 is 10.6 Å². The fourth-order valence-corrected chi connectivity index (χ4v) is 2.38. The Labute approximate surface area is 128 Å². The number of urea groups is 1. The Morgan fingerprint density at radius 3 is 2.91 bits per heavy atom. The lowest BCUT2D eigenvalue weighted by Gasteiger charge is -2.10. The van der Waals surface area contributed by atoms with Crippen LogP contribution in [-0.4, -0.2) is 30.4 Å². The number of rotatable bonds is 5. The van der Waals surface area contributed by atoms with E-state index in [2.05, 4.69) is 15.8 Å². The summed E-state index contributed by atoms with van der Waals surface area (Å²) in [6, 6.07) is 11.4. The van der Waals surface area contributed by atoms with E-state index < -0.39 is 0 Å². The maximum absolute atomic E-state index is 11.7. The Morgan fingerprint density at radius 2 is 2.14 bits per heavy atom. The lowest BCUT2D eigenvalue weighted by atomic mass is 10.1. The number of nitrogens with zero attached hydrogens (tertiary/aromatic N) is 1. The van der Waals surface area contributed by atoms with E-state index in [1.165, 1.54) is 0 Å². The number of hydrogen-bond acceptors (Lipinski definition) is 4. The molecule has 1 aliphatic heterocycles. The molecule has 0 saturated carbocycles. The van der Waals surface area contributed by atoms with Crippen molar-refractivity contribution in [2.45, 2.75) is 25.5 Å². The van der Waals surface area contributed by atoms with Crippen LogP contribution in [-0.2, 0) is 11.3 Å². The van der Waals surface area contributed by atoms with E-state index in [-0.39, 0.29) is 12.1 Å². The molecule has 1 unspecified atom stereocenters. The number of nitrogens with one attached hydrogen (secondary N) is 2. The standard InChI is InChI=1S/C16H19N3O3/c20-16(17-10-13-7-4-8-21-13)18-11-14-9-15(19-22-14)12-5-2-1-3-6-12/h1-3,5-6,9,13H,4,7-8,10-11H2,(H2,17,18,20). The average molecular weight is 301 g/mol. The van der Waals surface area contributed by atoms with Crippen LogP contribution >= 0.6 is 0 Å². The molecule has 3 rings (SSSR count). The zero-order valence-corrected chi connectivity index (χ0v) is 12.2. The van der Waals surface area contributed by atoms with E-state index in [4.69, 9.17) is 9.26 Å². The van der Waals surface area contributed by atoms with Gasteiger partial charge in [0.25, 0.3) is 0 Å². The second-order valence-electron chi connectivity index (χ2n) is 5.24. The highest BCUT2D eigenvalue weighted by molar-refractivity contribution is 5.73. The normalized spacial score (nSPS) is 17.4. The quantitative estimate of drug-likeness (QED) is 0.888. The first-order valence-corrected chi connectivity index (χ1v) is 7.45. The smallest absolute Gasteiger partial charge is 0.315 e. The summed E-state index contributed by atoms with van der Waals surface area (Å²) in [6.07, 6.45) is 2.21. The SMILES string of the molecule is O=C(NCc1cc(-c2ccccc2)no1)NCC1CCCO1. The van der Waals surface area contributed by atoms with E-state index in [0.29, 0.717) is 18.8 Å². The van der Waals surface area contributed by atoms with Crippen LogP contribution in [0, 0.1) is 0 Å². The fraction of sp³-hybridized carbons (Fsp3) is 0.375. The van der Waals surface area contributed by atoms with Gasteiger partial charge in [0.1, 0.15) is 5.69 Å². The summed E-state index contributed by atoms with van der Waals surface area (Å²) in [5, 5.41) is 9.55. The number of amides is 2. The molecular weight excluding hydrogens is 282 g/mol. The first-order chi connectivity index (χ1) is 10.8. The van der Waals surface area contributed by atoms with Gasteiger partial charge in [0.15, 0.2) is 5.76 Å². The van der Waals surface area contributed by atoms with Crippen molar-refractivity contribution in [1.82, 2.24) is 15.8 Å². The summed E-state index contributed by atoms with van der Waals surface area (Å²) in [5.74, 6) is 0.617. The van der Waals surface area contributed by atoms with Crippen LogP contribution in [0.5, 0.6) is 0 Å². The first kappa shape index (κ1) is 14.6. The number of carbonyl (C=O) groups is 1. The molecule has 6 heteroatoms. The lowest BCUT2D eigenvalue weighted by Crippen LogP contribution is -2.39. The number of carbonyl (C=O) groups excluding carboxylic acids is 1. The van der Waals surface area contributed by atoms with Crippen molar-refractivity contribution in [2.24, 2.45) is 0 Å². The predicted octanol–water partition coefficient (Wildman–Crippen LogP) is 2.32. The van der Waals surface area contributed by atoms with Gasteiger partial charge in [-0.1, -0.05) is 35.5 Å². The third-order valence-corrected chi connectivity index (χ3v) is 3.57. The molecule has 1 aromatic heterocycles. The van der Waals surface area contributed by atoms with Crippen LogP contribution in [0.1, 0.15) is 18.6 Å². The van der Waals surface area contributed by atoms with E-state index in [0.717, 1.165) is 30.7 Å². The molecule has 1 atom stereocenters. The number of ether oxygens (including phenoxy) is 1. The Bertz CT molecular complexity index is 606. The minimum atomic E-state index is -0.229. The van der Waals surface area contributed by atoms with Crippen molar-refractivity contribution in [3.8, 4) is 11.3 Å². The summed E-state index contributed by atoms with van der Waals surface area (Å²) in [6.45, 7) is 1.63. The van der Waals surface area contributed by atoms with Crippen LogP contribution in [0.4, 0.5) is 4.79 Å². The highest BCUT2D eigenvalue weighted by atomic mass is 16.5. The molecule has 1 saturated heterocycles. The Morgan fingerprint density at radius 1 is 1.27 bits per heavy atom. The molecule has 2 amide bonds. The second-order valence-corrected chi connectivity index (χ2v) is 5.24. The third-order valence-electron chi connectivity index (χ3n) is 3.57. The average Bonchev–Trinajstić information content (AvgIpc) is 3.23. The van der Waals surface area contributed by atoms with Gasteiger partial charge in [-0.25, -0.2) is 4.79 Å². The maximum Gasteiger partial charge on any atom is 0.315 e. The molecule has 1 aliphatic rings. The highest BCUT2D eigenvalue weighted by Gasteiger charge is 2.16. The molecule has 2 heterocycles. The Balaban J connectivity index is 1.45. The van der Waals surface area contributed by atoms with Gasteiger partial charge in [0.2, 0.25) is 0 Å². The van der Waals surface area contributed by atoms with E-state index in [1.54, 1.807) is 0 Å². The first-order valence-electron chi connectivity index (χ1n) is 7.45.